The number of hydrogen-bond acceptors (Lipinski definition) is 3. The van der Waals surface area contributed by atoms with Gasteiger partial charge in [-0.2, -0.15) is 0 Å². The van der Waals surface area contributed by atoms with Crippen LogP contribution in [0, 0.1) is 12.8 Å². The van der Waals surface area contributed by atoms with Crippen LogP contribution in [0.5, 0.6) is 5.75 Å². The maximum absolute atomic E-state index is 12.1. The molecule has 1 aromatic carbocycles. The lowest BCUT2D eigenvalue weighted by molar-refractivity contribution is -0.120. The van der Waals surface area contributed by atoms with E-state index in [9.17, 15) is 9.90 Å². The van der Waals surface area contributed by atoms with E-state index in [2.05, 4.69) is 5.32 Å². The first-order valence-electron chi connectivity index (χ1n) is 7.68. The fourth-order valence-corrected chi connectivity index (χ4v) is 2.95. The number of benzene rings is 1. The molecule has 1 saturated carbocycles. The molecule has 1 amide bonds. The van der Waals surface area contributed by atoms with Crippen LogP contribution in [0.15, 0.2) is 18.2 Å². The Hall–Kier alpha value is -1.55. The highest BCUT2D eigenvalue weighted by atomic mass is 16.5. The number of aliphatic hydroxyl groups excluding tert-OH is 1. The van der Waals surface area contributed by atoms with Crippen LogP contribution in [0.2, 0.25) is 0 Å². The van der Waals surface area contributed by atoms with Crippen LogP contribution in [0.1, 0.15) is 36.8 Å². The van der Waals surface area contributed by atoms with Crippen LogP contribution in [0.4, 0.5) is 0 Å². The first kappa shape index (κ1) is 15.8. The van der Waals surface area contributed by atoms with Crippen LogP contribution in [0.25, 0.3) is 0 Å². The van der Waals surface area contributed by atoms with Crippen molar-refractivity contribution < 1.29 is 14.6 Å². The van der Waals surface area contributed by atoms with Gasteiger partial charge in [-0.3, -0.25) is 4.79 Å². The number of aryl methyl sites for hydroxylation is 1. The number of amides is 1. The van der Waals surface area contributed by atoms with Crippen LogP contribution >= 0.6 is 0 Å². The lowest BCUT2D eigenvalue weighted by Gasteiger charge is -2.27. The molecular formula is C17H25NO3. The second-order valence-corrected chi connectivity index (χ2v) is 5.91. The predicted molar refractivity (Wildman–Crippen MR) is 82.4 cm³/mol. The molecule has 2 atom stereocenters. The summed E-state index contributed by atoms with van der Waals surface area (Å²) in [5, 5.41) is 12.9. The minimum atomic E-state index is -0.271. The highest BCUT2D eigenvalue weighted by molar-refractivity contribution is 5.79. The Labute approximate surface area is 126 Å². The highest BCUT2D eigenvalue weighted by Crippen LogP contribution is 2.24. The topological polar surface area (TPSA) is 58.6 Å². The van der Waals surface area contributed by atoms with Crippen molar-refractivity contribution in [2.24, 2.45) is 5.92 Å². The first-order valence-corrected chi connectivity index (χ1v) is 7.68. The van der Waals surface area contributed by atoms with Crippen LogP contribution < -0.4 is 10.1 Å². The van der Waals surface area contributed by atoms with Gasteiger partial charge in [0.15, 0.2) is 0 Å². The molecule has 0 bridgehead atoms. The van der Waals surface area contributed by atoms with Gasteiger partial charge in [0.1, 0.15) is 5.75 Å². The highest BCUT2D eigenvalue weighted by Gasteiger charge is 2.23. The monoisotopic (exact) mass is 291 g/mol. The summed E-state index contributed by atoms with van der Waals surface area (Å²) >= 11 is 0. The molecule has 4 nitrogen and oxygen atoms in total. The third-order valence-corrected chi connectivity index (χ3v) is 4.22. The van der Waals surface area contributed by atoms with Crippen molar-refractivity contribution >= 4 is 5.91 Å². The molecule has 2 rings (SSSR count). The first-order chi connectivity index (χ1) is 10.1. The Balaban J connectivity index is 1.88. The maximum atomic E-state index is 12.1. The van der Waals surface area contributed by atoms with Gasteiger partial charge in [-0.05, 0) is 25.8 Å². The van der Waals surface area contributed by atoms with E-state index < -0.39 is 0 Å². The van der Waals surface area contributed by atoms with E-state index in [0.29, 0.717) is 13.0 Å². The quantitative estimate of drug-likeness (QED) is 0.874. The predicted octanol–water partition coefficient (Wildman–Crippen LogP) is 2.21. The number of aliphatic hydroxyl groups is 1. The smallest absolute Gasteiger partial charge is 0.224 e. The van der Waals surface area contributed by atoms with Gasteiger partial charge in [0.05, 0.1) is 19.6 Å². The number of hydrogen-bond donors (Lipinski definition) is 2. The molecule has 116 valence electrons. The Bertz CT molecular complexity index is 487. The molecule has 0 aliphatic heterocycles. The molecule has 1 fully saturated rings. The third kappa shape index (κ3) is 4.46. The zero-order chi connectivity index (χ0) is 15.2. The number of methoxy groups -OCH3 is 1. The van der Waals surface area contributed by atoms with Crippen molar-refractivity contribution in [1.82, 2.24) is 5.32 Å². The van der Waals surface area contributed by atoms with Crippen LogP contribution in [-0.2, 0) is 11.2 Å². The molecule has 2 N–H and O–H groups in total. The second kappa shape index (κ2) is 7.46. The average Bonchev–Trinajstić information content (AvgIpc) is 2.47. The molecule has 0 heterocycles. The van der Waals surface area contributed by atoms with Gasteiger partial charge in [0.25, 0.3) is 0 Å². The van der Waals surface area contributed by atoms with Crippen LogP contribution in [0.3, 0.4) is 0 Å². The van der Waals surface area contributed by atoms with E-state index in [1.165, 1.54) is 0 Å². The van der Waals surface area contributed by atoms with Gasteiger partial charge < -0.3 is 15.2 Å². The fraction of sp³-hybridized carbons (Fsp3) is 0.588. The third-order valence-electron chi connectivity index (χ3n) is 4.22. The molecule has 1 aliphatic rings. The SMILES string of the molecule is COc1ccc(C)cc1CC(=O)NCC1CCCCC1O. The Kier molecular flexibility index (Phi) is 5.62. The van der Waals surface area contributed by atoms with Crippen molar-refractivity contribution in [2.75, 3.05) is 13.7 Å². The maximum Gasteiger partial charge on any atom is 0.224 e. The molecule has 0 saturated heterocycles. The van der Waals surface area contributed by atoms with Crippen molar-refractivity contribution in [3.8, 4) is 5.75 Å². The lowest BCUT2D eigenvalue weighted by atomic mass is 9.86. The van der Waals surface area contributed by atoms with Gasteiger partial charge in [0.2, 0.25) is 5.91 Å². The normalized spacial score (nSPS) is 21.9. The molecule has 1 aromatic rings. The standard InChI is InChI=1S/C17H25NO3/c1-12-7-8-16(21-2)14(9-12)10-17(20)18-11-13-5-3-4-6-15(13)19/h7-9,13,15,19H,3-6,10-11H2,1-2H3,(H,18,20). The largest absolute Gasteiger partial charge is 0.496 e. The van der Waals surface area contributed by atoms with Crippen molar-refractivity contribution in [1.29, 1.82) is 0 Å². The van der Waals surface area contributed by atoms with Gasteiger partial charge in [-0.1, -0.05) is 30.5 Å². The molecule has 1 aliphatic carbocycles. The van der Waals surface area contributed by atoms with E-state index in [1.807, 2.05) is 25.1 Å². The lowest BCUT2D eigenvalue weighted by Crippen LogP contribution is -2.37. The summed E-state index contributed by atoms with van der Waals surface area (Å²) in [6.07, 6.45) is 4.12. The van der Waals surface area contributed by atoms with E-state index in [4.69, 9.17) is 4.74 Å². The number of ether oxygens (including phenoxy) is 1. The van der Waals surface area contributed by atoms with Gasteiger partial charge >= 0.3 is 0 Å². The molecule has 2 unspecified atom stereocenters. The summed E-state index contributed by atoms with van der Waals surface area (Å²) in [6.45, 7) is 2.56. The number of carbonyl (C=O) groups is 1. The molecule has 0 aromatic heterocycles. The summed E-state index contributed by atoms with van der Waals surface area (Å²) in [4.78, 5) is 12.1. The van der Waals surface area contributed by atoms with E-state index in [0.717, 1.165) is 42.6 Å². The minimum absolute atomic E-state index is 0.0170. The number of carbonyl (C=O) groups excluding carboxylic acids is 1. The van der Waals surface area contributed by atoms with Gasteiger partial charge in [-0.25, -0.2) is 0 Å². The van der Waals surface area contributed by atoms with Crippen LogP contribution in [-0.4, -0.2) is 30.8 Å². The van der Waals surface area contributed by atoms with Crippen molar-refractivity contribution in [3.05, 3.63) is 29.3 Å². The summed E-state index contributed by atoms with van der Waals surface area (Å²) in [5.74, 6) is 0.923. The van der Waals surface area contributed by atoms with Gasteiger partial charge in [0, 0.05) is 18.0 Å². The molecule has 21 heavy (non-hydrogen) atoms. The number of nitrogens with one attached hydrogen (secondary N) is 1. The Morgan fingerprint density at radius 3 is 2.86 bits per heavy atom. The Morgan fingerprint density at radius 2 is 2.14 bits per heavy atom. The Morgan fingerprint density at radius 1 is 1.38 bits per heavy atom. The second-order valence-electron chi connectivity index (χ2n) is 5.91. The van der Waals surface area contributed by atoms with E-state index in [-0.39, 0.29) is 17.9 Å². The summed E-state index contributed by atoms with van der Waals surface area (Å²) < 4.78 is 5.29. The van der Waals surface area contributed by atoms with Crippen molar-refractivity contribution in [2.45, 2.75) is 45.1 Å². The van der Waals surface area contributed by atoms with Crippen molar-refractivity contribution in [3.63, 3.8) is 0 Å². The fourth-order valence-electron chi connectivity index (χ4n) is 2.95. The molecule has 0 radical (unpaired) electrons. The average molecular weight is 291 g/mol. The summed E-state index contributed by atoms with van der Waals surface area (Å²) in [6, 6.07) is 5.84. The minimum Gasteiger partial charge on any atom is -0.496 e. The number of rotatable bonds is 5. The zero-order valence-electron chi connectivity index (χ0n) is 12.9. The molecule has 0 spiro atoms. The summed E-state index contributed by atoms with van der Waals surface area (Å²) in [5.41, 5.74) is 2.01. The van der Waals surface area contributed by atoms with E-state index in [1.54, 1.807) is 7.11 Å². The summed E-state index contributed by atoms with van der Waals surface area (Å²) in [7, 11) is 1.62. The zero-order valence-corrected chi connectivity index (χ0v) is 12.9. The van der Waals surface area contributed by atoms with Gasteiger partial charge in [-0.15, -0.1) is 0 Å². The van der Waals surface area contributed by atoms with E-state index >= 15 is 0 Å². The molecular weight excluding hydrogens is 266 g/mol. The molecule has 4 heteroatoms.